The Morgan fingerprint density at radius 1 is 1.33 bits per heavy atom. The number of hydrogen-bond acceptors (Lipinski definition) is 4. The van der Waals surface area contributed by atoms with E-state index in [1.807, 2.05) is 0 Å². The van der Waals surface area contributed by atoms with Crippen molar-refractivity contribution in [2.45, 2.75) is 11.8 Å². The minimum atomic E-state index is -4.19. The second-order valence-corrected chi connectivity index (χ2v) is 6.91. The highest BCUT2D eigenvalue weighted by atomic mass is 32.2. The molecule has 0 aliphatic carbocycles. The second kappa shape index (κ2) is 5.69. The van der Waals surface area contributed by atoms with Crippen LogP contribution >= 0.6 is 0 Å². The summed E-state index contributed by atoms with van der Waals surface area (Å²) in [7, 11) is -2.97. The number of carbonyl (C=O) groups is 1. The Balaban J connectivity index is 2.33. The predicted molar refractivity (Wildman–Crippen MR) is 69.8 cm³/mol. The van der Waals surface area contributed by atoms with E-state index in [1.165, 1.54) is 7.11 Å². The summed E-state index contributed by atoms with van der Waals surface area (Å²) in [5, 5.41) is 0. The zero-order chi connectivity index (χ0) is 15.8. The Morgan fingerprint density at radius 3 is 2.62 bits per heavy atom. The lowest BCUT2D eigenvalue weighted by Crippen LogP contribution is -2.31. The normalized spacial score (nSPS) is 23.2. The van der Waals surface area contributed by atoms with Gasteiger partial charge in [-0.3, -0.25) is 4.79 Å². The summed E-state index contributed by atoms with van der Waals surface area (Å²) in [5.74, 6) is -3.25. The molecule has 1 aliphatic rings. The van der Waals surface area contributed by atoms with Gasteiger partial charge in [0.05, 0.1) is 13.0 Å². The molecular weight excluding hydrogens is 304 g/mol. The van der Waals surface area contributed by atoms with Gasteiger partial charge >= 0.3 is 5.97 Å². The molecule has 5 nitrogen and oxygen atoms in total. The smallest absolute Gasteiger partial charge is 0.310 e. The van der Waals surface area contributed by atoms with Crippen molar-refractivity contribution in [3.8, 4) is 0 Å². The first-order valence-electron chi connectivity index (χ1n) is 6.30. The van der Waals surface area contributed by atoms with Crippen LogP contribution in [0.1, 0.15) is 6.92 Å². The van der Waals surface area contributed by atoms with E-state index in [-0.39, 0.29) is 19.0 Å². The monoisotopic (exact) mass is 319 g/mol. The maximum absolute atomic E-state index is 13.7. The molecule has 0 N–H and O–H groups in total. The number of esters is 1. The molecule has 1 saturated heterocycles. The Bertz CT molecular complexity index is 662. The Hall–Kier alpha value is -1.54. The lowest BCUT2D eigenvalue weighted by molar-refractivity contribution is -0.145. The molecule has 1 heterocycles. The maximum atomic E-state index is 13.7. The van der Waals surface area contributed by atoms with Crippen LogP contribution in [0.3, 0.4) is 0 Å². The zero-order valence-corrected chi connectivity index (χ0v) is 12.4. The van der Waals surface area contributed by atoms with Gasteiger partial charge in [0, 0.05) is 13.1 Å². The number of ether oxygens (including phenoxy) is 1. The molecule has 0 amide bonds. The van der Waals surface area contributed by atoms with Crippen LogP contribution in [0.25, 0.3) is 0 Å². The number of halogens is 2. The number of hydrogen-bond donors (Lipinski definition) is 0. The number of benzene rings is 1. The van der Waals surface area contributed by atoms with Crippen molar-refractivity contribution in [3.05, 3.63) is 29.8 Å². The van der Waals surface area contributed by atoms with Crippen molar-refractivity contribution in [3.63, 3.8) is 0 Å². The third kappa shape index (κ3) is 2.91. The highest BCUT2D eigenvalue weighted by molar-refractivity contribution is 7.89. The van der Waals surface area contributed by atoms with Crippen LogP contribution in [0.15, 0.2) is 23.1 Å². The molecule has 0 radical (unpaired) electrons. The Kier molecular flexibility index (Phi) is 4.29. The van der Waals surface area contributed by atoms with Crippen molar-refractivity contribution >= 4 is 16.0 Å². The van der Waals surface area contributed by atoms with Gasteiger partial charge in [-0.05, 0) is 24.1 Å². The number of carbonyl (C=O) groups excluding carboxylic acids is 1. The van der Waals surface area contributed by atoms with E-state index in [0.717, 1.165) is 16.4 Å². The zero-order valence-electron chi connectivity index (χ0n) is 11.5. The SMILES string of the molecule is COC(=O)C1CN(S(=O)(=O)c2cc(F)ccc2F)CC1C. The summed E-state index contributed by atoms with van der Waals surface area (Å²) in [6, 6.07) is 2.25. The highest BCUT2D eigenvalue weighted by Crippen LogP contribution is 2.30. The summed E-state index contributed by atoms with van der Waals surface area (Å²) in [4.78, 5) is 10.9. The van der Waals surface area contributed by atoms with Gasteiger partial charge in [-0.1, -0.05) is 6.92 Å². The van der Waals surface area contributed by atoms with Crippen LogP contribution in [0.4, 0.5) is 8.78 Å². The maximum Gasteiger partial charge on any atom is 0.310 e. The van der Waals surface area contributed by atoms with E-state index in [1.54, 1.807) is 6.92 Å². The van der Waals surface area contributed by atoms with Crippen molar-refractivity contribution in [2.24, 2.45) is 11.8 Å². The van der Waals surface area contributed by atoms with Crippen LogP contribution in [-0.4, -0.2) is 38.9 Å². The van der Waals surface area contributed by atoms with E-state index in [9.17, 15) is 22.0 Å². The van der Waals surface area contributed by atoms with E-state index in [2.05, 4.69) is 4.74 Å². The average molecular weight is 319 g/mol. The molecule has 1 aromatic rings. The molecule has 2 rings (SSSR count). The van der Waals surface area contributed by atoms with Crippen molar-refractivity contribution in [2.75, 3.05) is 20.2 Å². The molecular formula is C13H15F2NO4S. The molecule has 0 bridgehead atoms. The number of rotatable bonds is 3. The van der Waals surface area contributed by atoms with Gasteiger partial charge < -0.3 is 4.74 Å². The molecule has 0 aromatic heterocycles. The molecule has 1 aliphatic heterocycles. The van der Waals surface area contributed by atoms with Crippen molar-refractivity contribution in [1.29, 1.82) is 0 Å². The second-order valence-electron chi connectivity index (χ2n) is 5.00. The first-order valence-corrected chi connectivity index (χ1v) is 7.74. The third-order valence-corrected chi connectivity index (χ3v) is 5.44. The fraction of sp³-hybridized carbons (Fsp3) is 0.462. The number of sulfonamides is 1. The van der Waals surface area contributed by atoms with Gasteiger partial charge in [0.2, 0.25) is 10.0 Å². The summed E-state index contributed by atoms with van der Waals surface area (Å²) in [5.41, 5.74) is 0. The molecule has 21 heavy (non-hydrogen) atoms. The van der Waals surface area contributed by atoms with Gasteiger partial charge in [0.1, 0.15) is 16.5 Å². The Labute approximate surface area is 121 Å². The molecule has 2 unspecified atom stereocenters. The molecule has 0 saturated carbocycles. The lowest BCUT2D eigenvalue weighted by atomic mass is 9.99. The predicted octanol–water partition coefficient (Wildman–Crippen LogP) is 1.39. The molecule has 1 aromatic carbocycles. The van der Waals surface area contributed by atoms with Crippen LogP contribution < -0.4 is 0 Å². The molecule has 2 atom stereocenters. The first kappa shape index (κ1) is 15.8. The van der Waals surface area contributed by atoms with Gasteiger partial charge in [0.25, 0.3) is 0 Å². The quantitative estimate of drug-likeness (QED) is 0.790. The minimum absolute atomic E-state index is 0.0536. The fourth-order valence-corrected chi connectivity index (χ4v) is 4.03. The van der Waals surface area contributed by atoms with Crippen molar-refractivity contribution < 1.29 is 26.7 Å². The molecule has 1 fully saturated rings. The van der Waals surface area contributed by atoms with Gasteiger partial charge in [0.15, 0.2) is 0 Å². The van der Waals surface area contributed by atoms with Crippen LogP contribution in [-0.2, 0) is 19.6 Å². The van der Waals surface area contributed by atoms with Crippen LogP contribution in [0, 0.1) is 23.5 Å². The first-order chi connectivity index (χ1) is 9.77. The van der Waals surface area contributed by atoms with Crippen molar-refractivity contribution in [1.82, 2.24) is 4.31 Å². The van der Waals surface area contributed by atoms with Gasteiger partial charge in [-0.25, -0.2) is 17.2 Å². The van der Waals surface area contributed by atoms with E-state index >= 15 is 0 Å². The third-order valence-electron chi connectivity index (χ3n) is 3.59. The molecule has 0 spiro atoms. The van der Waals surface area contributed by atoms with Gasteiger partial charge in [-0.15, -0.1) is 0 Å². The largest absolute Gasteiger partial charge is 0.469 e. The van der Waals surface area contributed by atoms with Gasteiger partial charge in [-0.2, -0.15) is 4.31 Å². The summed E-state index contributed by atoms with van der Waals surface area (Å²) in [6.45, 7) is 1.66. The molecule has 116 valence electrons. The summed E-state index contributed by atoms with van der Waals surface area (Å²) in [6.07, 6.45) is 0. The summed E-state index contributed by atoms with van der Waals surface area (Å²) >= 11 is 0. The summed E-state index contributed by atoms with van der Waals surface area (Å²) < 4.78 is 57.2. The minimum Gasteiger partial charge on any atom is -0.469 e. The van der Waals surface area contributed by atoms with Crippen LogP contribution in [0.5, 0.6) is 0 Å². The number of methoxy groups -OCH3 is 1. The highest BCUT2D eigenvalue weighted by Gasteiger charge is 2.42. The van der Waals surface area contributed by atoms with E-state index < -0.39 is 38.4 Å². The average Bonchev–Trinajstić information content (AvgIpc) is 2.83. The lowest BCUT2D eigenvalue weighted by Gasteiger charge is -2.16. The number of nitrogens with zero attached hydrogens (tertiary/aromatic N) is 1. The Morgan fingerprint density at radius 2 is 2.00 bits per heavy atom. The van der Waals surface area contributed by atoms with E-state index in [0.29, 0.717) is 6.07 Å². The van der Waals surface area contributed by atoms with E-state index in [4.69, 9.17) is 0 Å². The molecule has 8 heteroatoms. The standard InChI is InChI=1S/C13H15F2NO4S/c1-8-6-16(7-10(8)13(17)20-2)21(18,19)12-5-9(14)3-4-11(12)15/h3-5,8,10H,6-7H2,1-2H3. The fourth-order valence-electron chi connectivity index (χ4n) is 2.39. The topological polar surface area (TPSA) is 63.7 Å². The van der Waals surface area contributed by atoms with Crippen LogP contribution in [0.2, 0.25) is 0 Å².